The molecule has 1 aliphatic carbocycles. The quantitative estimate of drug-likeness (QED) is 0.159. The highest BCUT2D eigenvalue weighted by atomic mass is 32.1. The maximum Gasteiger partial charge on any atom is 0.252 e. The van der Waals surface area contributed by atoms with Crippen LogP contribution in [0.2, 0.25) is 0 Å². The summed E-state index contributed by atoms with van der Waals surface area (Å²) in [5, 5.41) is 5.23. The van der Waals surface area contributed by atoms with Crippen LogP contribution in [0.1, 0.15) is 50.7 Å². The molecule has 75 heavy (non-hydrogen) atoms. The predicted octanol–water partition coefficient (Wildman–Crippen LogP) is 17.9. The van der Waals surface area contributed by atoms with Crippen LogP contribution in [-0.2, 0) is 5.41 Å². The third-order valence-electron chi connectivity index (χ3n) is 18.0. The molecule has 0 radical (unpaired) electrons. The van der Waals surface area contributed by atoms with Gasteiger partial charge >= 0.3 is 0 Å². The molecule has 2 aromatic heterocycles. The molecule has 5 heterocycles. The van der Waals surface area contributed by atoms with Crippen molar-refractivity contribution >= 4 is 132 Å². The molecule has 358 valence electrons. The number of aryl methyl sites for hydroxylation is 1. The number of fused-ring (bicyclic) bond motifs is 13. The smallest absolute Gasteiger partial charge is 0.252 e. The Balaban J connectivity index is 0.971. The summed E-state index contributed by atoms with van der Waals surface area (Å²) in [6.45, 7) is 7.42. The first-order valence-electron chi connectivity index (χ1n) is 26.7. The summed E-state index contributed by atoms with van der Waals surface area (Å²) in [7, 11) is 0. The summed E-state index contributed by atoms with van der Waals surface area (Å²) >= 11 is 3.80. The van der Waals surface area contributed by atoms with Gasteiger partial charge in [-0.3, -0.25) is 0 Å². The molecule has 2 unspecified atom stereocenters. The Morgan fingerprint density at radius 1 is 0.413 bits per heavy atom. The Morgan fingerprint density at radius 2 is 1.01 bits per heavy atom. The van der Waals surface area contributed by atoms with Crippen molar-refractivity contribution in [3.05, 3.63) is 223 Å². The van der Waals surface area contributed by atoms with E-state index in [-0.39, 0.29) is 17.7 Å². The van der Waals surface area contributed by atoms with Gasteiger partial charge in [-0.2, -0.15) is 0 Å². The molecule has 16 rings (SSSR count). The summed E-state index contributed by atoms with van der Waals surface area (Å²) in [4.78, 5) is 8.05. The topological polar surface area (TPSA) is 9.72 Å². The summed E-state index contributed by atoms with van der Waals surface area (Å²) in [5.74, 6) is 0. The molecule has 3 aliphatic heterocycles. The molecule has 0 bridgehead atoms. The maximum atomic E-state index is 2.78. The van der Waals surface area contributed by atoms with Crippen LogP contribution in [0.5, 0.6) is 0 Å². The van der Waals surface area contributed by atoms with Gasteiger partial charge in [0.2, 0.25) is 0 Å². The van der Waals surface area contributed by atoms with E-state index in [4.69, 9.17) is 0 Å². The van der Waals surface area contributed by atoms with Crippen molar-refractivity contribution in [2.24, 2.45) is 0 Å². The van der Waals surface area contributed by atoms with Crippen molar-refractivity contribution < 1.29 is 0 Å². The van der Waals surface area contributed by atoms with Crippen molar-refractivity contribution in [3.8, 4) is 22.3 Å². The molecule has 2 atom stereocenters. The van der Waals surface area contributed by atoms with Gasteiger partial charge in [0.05, 0.1) is 15.9 Å². The number of nitrogens with zero attached hydrogens (tertiary/aromatic N) is 3. The highest BCUT2D eigenvalue weighted by Gasteiger charge is 2.58. The van der Waals surface area contributed by atoms with Crippen molar-refractivity contribution in [1.29, 1.82) is 0 Å². The molecule has 12 aromatic rings. The van der Waals surface area contributed by atoms with Gasteiger partial charge in [0.1, 0.15) is 0 Å². The Morgan fingerprint density at radius 3 is 1.79 bits per heavy atom. The summed E-state index contributed by atoms with van der Waals surface area (Å²) < 4.78 is 5.26. The number of anilines is 8. The van der Waals surface area contributed by atoms with E-state index in [2.05, 4.69) is 248 Å². The van der Waals surface area contributed by atoms with Gasteiger partial charge in [-0.15, -0.1) is 22.7 Å². The van der Waals surface area contributed by atoms with Crippen molar-refractivity contribution in [2.75, 3.05) is 14.7 Å². The van der Waals surface area contributed by atoms with Crippen molar-refractivity contribution in [3.63, 3.8) is 0 Å². The second-order valence-electron chi connectivity index (χ2n) is 22.0. The van der Waals surface area contributed by atoms with E-state index in [9.17, 15) is 0 Å². The average Bonchev–Trinajstić information content (AvgIpc) is 4.22. The van der Waals surface area contributed by atoms with Crippen molar-refractivity contribution in [2.45, 2.75) is 57.4 Å². The van der Waals surface area contributed by atoms with E-state index in [1.54, 1.807) is 0 Å². The Hall–Kier alpha value is -7.90. The fourth-order valence-corrected chi connectivity index (χ4v) is 16.6. The number of benzene rings is 10. The third-order valence-corrected chi connectivity index (χ3v) is 20.4. The normalized spacial score (nSPS) is 18.4. The van der Waals surface area contributed by atoms with E-state index < -0.39 is 0 Å². The first-order chi connectivity index (χ1) is 36.8. The molecule has 4 aliphatic rings. The second-order valence-corrected chi connectivity index (χ2v) is 24.1. The fourth-order valence-electron chi connectivity index (χ4n) is 14.3. The lowest BCUT2D eigenvalue weighted by atomic mass is 9.33. The van der Waals surface area contributed by atoms with Crippen LogP contribution in [0.4, 0.5) is 45.5 Å². The van der Waals surface area contributed by atoms with Crippen LogP contribution < -0.4 is 31.1 Å². The summed E-state index contributed by atoms with van der Waals surface area (Å²) in [6.07, 6.45) is 4.76. The zero-order chi connectivity index (χ0) is 49.7. The largest absolute Gasteiger partial charge is 0.334 e. The van der Waals surface area contributed by atoms with E-state index in [0.29, 0.717) is 0 Å². The van der Waals surface area contributed by atoms with Crippen LogP contribution in [0.3, 0.4) is 0 Å². The zero-order valence-corrected chi connectivity index (χ0v) is 43.9. The lowest BCUT2D eigenvalue weighted by Crippen LogP contribution is -2.61. The molecule has 1 saturated carbocycles. The zero-order valence-electron chi connectivity index (χ0n) is 42.3. The van der Waals surface area contributed by atoms with Gasteiger partial charge in [-0.05, 0) is 155 Å². The van der Waals surface area contributed by atoms with E-state index in [0.717, 1.165) is 6.42 Å². The minimum absolute atomic E-state index is 0.0193. The molecule has 0 N–H and O–H groups in total. The molecular weight excluding hydrogens is 946 g/mol. The molecule has 0 amide bonds. The molecule has 6 heteroatoms. The first kappa shape index (κ1) is 43.5. The van der Waals surface area contributed by atoms with Gasteiger partial charge in [-0.25, -0.2) is 0 Å². The maximum absolute atomic E-state index is 2.78. The third kappa shape index (κ3) is 6.15. The van der Waals surface area contributed by atoms with Crippen LogP contribution in [0, 0.1) is 6.92 Å². The predicted molar refractivity (Wildman–Crippen MR) is 325 cm³/mol. The standard InChI is InChI=1S/C69H52BN3S2/c1-43-37-61-66-62(38-43)72(58-24-16-23-52-50-21-10-13-26-64(50)75-67(52)58)60-42-49(73-57-33-28-46(44-17-6-4-7-18-44)39-54(57)68(2)35-14-15-36-69(68,73)3)29-32-56(60)70(66)55-31-27-47(45-19-8-5-9-20-45)40-59(55)71(61)48-30-34-65-53(41-48)51-22-11-12-25-63(51)74-65/h4-13,16-34,37-42H,14-15,35-36H2,1-3H3. The van der Waals surface area contributed by atoms with Gasteiger partial charge in [0.25, 0.3) is 6.71 Å². The van der Waals surface area contributed by atoms with Gasteiger partial charge in [0.15, 0.2) is 0 Å². The Labute approximate surface area is 446 Å². The molecule has 1 fully saturated rings. The number of thiophene rings is 2. The fraction of sp³-hybridized carbons (Fsp3) is 0.130. The minimum atomic E-state index is -0.121. The Bertz CT molecular complexity index is 4350. The number of hydrogen-bond acceptors (Lipinski definition) is 5. The first-order valence-corrected chi connectivity index (χ1v) is 28.4. The molecule has 10 aromatic carbocycles. The summed E-state index contributed by atoms with van der Waals surface area (Å²) in [6, 6.07) is 81.1. The van der Waals surface area contributed by atoms with Gasteiger partial charge in [0, 0.05) is 80.9 Å². The van der Waals surface area contributed by atoms with E-state index in [1.165, 1.54) is 155 Å². The van der Waals surface area contributed by atoms with Crippen molar-refractivity contribution in [1.82, 2.24) is 0 Å². The highest BCUT2D eigenvalue weighted by molar-refractivity contribution is 7.26. The highest BCUT2D eigenvalue weighted by Crippen LogP contribution is 2.62. The lowest BCUT2D eigenvalue weighted by Gasteiger charge is -2.50. The average molecular weight is 998 g/mol. The number of rotatable bonds is 5. The molecule has 0 spiro atoms. The minimum Gasteiger partial charge on any atom is -0.334 e. The van der Waals surface area contributed by atoms with Gasteiger partial charge < -0.3 is 14.7 Å². The molecule has 0 saturated heterocycles. The van der Waals surface area contributed by atoms with E-state index >= 15 is 0 Å². The second kappa shape index (κ2) is 16.1. The van der Waals surface area contributed by atoms with Gasteiger partial charge in [-0.1, -0.05) is 153 Å². The van der Waals surface area contributed by atoms with E-state index in [1.807, 2.05) is 22.7 Å². The van der Waals surface area contributed by atoms with Crippen LogP contribution in [0.25, 0.3) is 62.6 Å². The molecule has 3 nitrogen and oxygen atoms in total. The summed E-state index contributed by atoms with van der Waals surface area (Å²) in [5.41, 5.74) is 21.5. The van der Waals surface area contributed by atoms with Crippen LogP contribution >= 0.6 is 22.7 Å². The SMILES string of the molecule is Cc1cc2c3c(c1)N(c1cccc4c1sc1ccccc14)c1cc(N4c5ccc(-c6ccccc6)cc5C5(C)CCCCC45C)ccc1B3c1ccc(-c3ccccc3)cc1N2c1ccc2sc3ccccc3c2c1. The monoisotopic (exact) mass is 997 g/mol. The Kier molecular flexibility index (Phi) is 9.31. The van der Waals surface area contributed by atoms with Crippen LogP contribution in [-0.4, -0.2) is 12.3 Å². The lowest BCUT2D eigenvalue weighted by molar-refractivity contribution is 0.195. The molecular formula is C69H52BN3S2. The van der Waals surface area contributed by atoms with Crippen LogP contribution in [0.15, 0.2) is 212 Å². The number of hydrogen-bond donors (Lipinski definition) is 0.